The number of aryl methyl sites for hydroxylation is 2. The lowest BCUT2D eigenvalue weighted by Gasteiger charge is -2.18. The SMILES string of the molecule is Cc1cccc(OCCCCn2c(CN(C)C(=O)c3ccccn3)nc3ccccc32)c1C. The second-order valence-corrected chi connectivity index (χ2v) is 8.30. The molecule has 0 atom stereocenters. The summed E-state index contributed by atoms with van der Waals surface area (Å²) in [6.07, 6.45) is 3.52. The number of fused-ring (bicyclic) bond motifs is 1. The quantitative estimate of drug-likeness (QED) is 0.335. The van der Waals surface area contributed by atoms with Crippen LogP contribution < -0.4 is 4.74 Å². The monoisotopic (exact) mass is 442 g/mol. The molecule has 2 heterocycles. The van der Waals surface area contributed by atoms with Crippen LogP contribution in [0, 0.1) is 13.8 Å². The first-order valence-corrected chi connectivity index (χ1v) is 11.3. The summed E-state index contributed by atoms with van der Waals surface area (Å²) < 4.78 is 8.23. The Balaban J connectivity index is 1.42. The molecule has 0 saturated heterocycles. The first-order valence-electron chi connectivity index (χ1n) is 11.3. The highest BCUT2D eigenvalue weighted by molar-refractivity contribution is 5.92. The van der Waals surface area contributed by atoms with E-state index in [-0.39, 0.29) is 5.91 Å². The number of hydrogen-bond donors (Lipinski definition) is 0. The van der Waals surface area contributed by atoms with Crippen molar-refractivity contribution < 1.29 is 9.53 Å². The van der Waals surface area contributed by atoms with Crippen molar-refractivity contribution >= 4 is 16.9 Å². The minimum absolute atomic E-state index is 0.115. The zero-order chi connectivity index (χ0) is 23.2. The summed E-state index contributed by atoms with van der Waals surface area (Å²) >= 11 is 0. The van der Waals surface area contributed by atoms with E-state index >= 15 is 0 Å². The predicted octanol–water partition coefficient (Wildman–Crippen LogP) is 5.18. The van der Waals surface area contributed by atoms with Crippen LogP contribution in [-0.2, 0) is 13.1 Å². The zero-order valence-electron chi connectivity index (χ0n) is 19.5. The number of amides is 1. The largest absolute Gasteiger partial charge is 0.493 e. The van der Waals surface area contributed by atoms with Crippen molar-refractivity contribution in [2.24, 2.45) is 0 Å². The Morgan fingerprint density at radius 1 is 1.00 bits per heavy atom. The highest BCUT2D eigenvalue weighted by Gasteiger charge is 2.17. The smallest absolute Gasteiger partial charge is 0.272 e. The van der Waals surface area contributed by atoms with Crippen LogP contribution >= 0.6 is 0 Å². The number of carbonyl (C=O) groups excluding carboxylic acids is 1. The number of rotatable bonds is 9. The standard InChI is InChI=1S/C27H30N4O2/c1-20-11-10-15-25(21(20)2)33-18-9-8-17-31-24-14-5-4-12-22(24)29-26(31)19-30(3)27(32)23-13-6-7-16-28-23/h4-7,10-16H,8-9,17-19H2,1-3H3. The van der Waals surface area contributed by atoms with Crippen molar-refractivity contribution in [2.45, 2.75) is 39.8 Å². The molecular weight excluding hydrogens is 412 g/mol. The molecule has 0 unspecified atom stereocenters. The summed E-state index contributed by atoms with van der Waals surface area (Å²) in [4.78, 5) is 23.4. The van der Waals surface area contributed by atoms with E-state index < -0.39 is 0 Å². The minimum Gasteiger partial charge on any atom is -0.493 e. The van der Waals surface area contributed by atoms with Crippen molar-refractivity contribution in [3.05, 3.63) is 89.5 Å². The lowest BCUT2D eigenvalue weighted by molar-refractivity contribution is 0.0774. The van der Waals surface area contributed by atoms with Crippen molar-refractivity contribution in [3.8, 4) is 5.75 Å². The number of benzene rings is 2. The molecule has 33 heavy (non-hydrogen) atoms. The number of para-hydroxylation sites is 2. The minimum atomic E-state index is -0.115. The molecule has 6 nitrogen and oxygen atoms in total. The van der Waals surface area contributed by atoms with Gasteiger partial charge in [0.25, 0.3) is 5.91 Å². The Kier molecular flexibility index (Phi) is 7.03. The van der Waals surface area contributed by atoms with E-state index in [1.807, 2.05) is 36.4 Å². The number of carbonyl (C=O) groups is 1. The summed E-state index contributed by atoms with van der Waals surface area (Å²) in [5.41, 5.74) is 4.90. The van der Waals surface area contributed by atoms with Crippen LogP contribution in [0.3, 0.4) is 0 Å². The third-order valence-electron chi connectivity index (χ3n) is 5.93. The summed E-state index contributed by atoms with van der Waals surface area (Å²) in [5.74, 6) is 1.72. The van der Waals surface area contributed by atoms with Gasteiger partial charge in [0.2, 0.25) is 0 Å². The number of ether oxygens (including phenoxy) is 1. The van der Waals surface area contributed by atoms with E-state index in [4.69, 9.17) is 9.72 Å². The predicted molar refractivity (Wildman–Crippen MR) is 130 cm³/mol. The Morgan fingerprint density at radius 3 is 2.64 bits per heavy atom. The van der Waals surface area contributed by atoms with Gasteiger partial charge in [0, 0.05) is 19.8 Å². The summed E-state index contributed by atoms with van der Waals surface area (Å²) in [5, 5.41) is 0. The van der Waals surface area contributed by atoms with Gasteiger partial charge in [-0.1, -0.05) is 30.3 Å². The van der Waals surface area contributed by atoms with Gasteiger partial charge in [-0.15, -0.1) is 0 Å². The topological polar surface area (TPSA) is 60.2 Å². The number of hydrogen-bond acceptors (Lipinski definition) is 4. The summed E-state index contributed by atoms with van der Waals surface area (Å²) in [7, 11) is 1.79. The number of aromatic nitrogens is 3. The van der Waals surface area contributed by atoms with Gasteiger partial charge >= 0.3 is 0 Å². The van der Waals surface area contributed by atoms with Crippen LogP contribution in [0.2, 0.25) is 0 Å². The van der Waals surface area contributed by atoms with Crippen molar-refractivity contribution in [3.63, 3.8) is 0 Å². The van der Waals surface area contributed by atoms with Gasteiger partial charge in [0.15, 0.2) is 0 Å². The van der Waals surface area contributed by atoms with Crippen LogP contribution in [0.25, 0.3) is 11.0 Å². The molecule has 0 bridgehead atoms. The molecule has 1 amide bonds. The van der Waals surface area contributed by atoms with Crippen LogP contribution in [0.15, 0.2) is 66.9 Å². The first kappa shape index (κ1) is 22.5. The number of imidazole rings is 1. The van der Waals surface area contributed by atoms with Gasteiger partial charge in [0.1, 0.15) is 17.3 Å². The van der Waals surface area contributed by atoms with Gasteiger partial charge < -0.3 is 14.2 Å². The Hall–Kier alpha value is -3.67. The number of unbranched alkanes of at least 4 members (excludes halogenated alkanes) is 1. The molecule has 6 heteroatoms. The highest BCUT2D eigenvalue weighted by Crippen LogP contribution is 2.21. The number of nitrogens with zero attached hydrogens (tertiary/aromatic N) is 4. The van der Waals surface area contributed by atoms with Crippen molar-refractivity contribution in [1.29, 1.82) is 0 Å². The van der Waals surface area contributed by atoms with Gasteiger partial charge in [-0.3, -0.25) is 9.78 Å². The second kappa shape index (κ2) is 10.3. The molecule has 0 aliphatic carbocycles. The van der Waals surface area contributed by atoms with Crippen LogP contribution in [0.1, 0.15) is 40.3 Å². The van der Waals surface area contributed by atoms with E-state index in [9.17, 15) is 4.79 Å². The molecule has 0 aliphatic rings. The molecule has 0 saturated carbocycles. The fourth-order valence-corrected chi connectivity index (χ4v) is 3.90. The fraction of sp³-hybridized carbons (Fsp3) is 0.296. The summed E-state index contributed by atoms with van der Waals surface area (Å²) in [6.45, 7) is 6.10. The first-order chi connectivity index (χ1) is 16.0. The maximum absolute atomic E-state index is 12.8. The Bertz CT molecular complexity index is 1230. The van der Waals surface area contributed by atoms with Crippen LogP contribution in [0.4, 0.5) is 0 Å². The lowest BCUT2D eigenvalue weighted by Crippen LogP contribution is -2.28. The van der Waals surface area contributed by atoms with Gasteiger partial charge in [0.05, 0.1) is 24.2 Å². The zero-order valence-corrected chi connectivity index (χ0v) is 19.5. The van der Waals surface area contributed by atoms with E-state index in [1.165, 1.54) is 11.1 Å². The van der Waals surface area contributed by atoms with E-state index in [0.717, 1.165) is 42.0 Å². The molecule has 2 aromatic carbocycles. The molecule has 170 valence electrons. The van der Waals surface area contributed by atoms with E-state index in [1.54, 1.807) is 30.3 Å². The molecular formula is C27H30N4O2. The second-order valence-electron chi connectivity index (χ2n) is 8.30. The van der Waals surface area contributed by atoms with Crippen LogP contribution in [0.5, 0.6) is 5.75 Å². The summed E-state index contributed by atoms with van der Waals surface area (Å²) in [6, 6.07) is 19.6. The van der Waals surface area contributed by atoms with Gasteiger partial charge in [-0.25, -0.2) is 4.98 Å². The van der Waals surface area contributed by atoms with Crippen molar-refractivity contribution in [1.82, 2.24) is 19.4 Å². The normalized spacial score (nSPS) is 11.0. The lowest BCUT2D eigenvalue weighted by atomic mass is 10.1. The maximum atomic E-state index is 12.8. The molecule has 0 spiro atoms. The molecule has 0 radical (unpaired) electrons. The maximum Gasteiger partial charge on any atom is 0.272 e. The fourth-order valence-electron chi connectivity index (χ4n) is 3.90. The Morgan fingerprint density at radius 2 is 1.82 bits per heavy atom. The average Bonchev–Trinajstić information content (AvgIpc) is 3.18. The third kappa shape index (κ3) is 5.22. The molecule has 4 rings (SSSR count). The molecule has 0 aliphatic heterocycles. The number of pyridine rings is 1. The van der Waals surface area contributed by atoms with Crippen LogP contribution in [-0.4, -0.2) is 39.0 Å². The van der Waals surface area contributed by atoms with Gasteiger partial charge in [-0.05, 0) is 68.1 Å². The van der Waals surface area contributed by atoms with Crippen molar-refractivity contribution in [2.75, 3.05) is 13.7 Å². The van der Waals surface area contributed by atoms with E-state index in [2.05, 4.69) is 35.5 Å². The Labute approximate surface area is 194 Å². The molecule has 2 aromatic heterocycles. The highest BCUT2D eigenvalue weighted by atomic mass is 16.5. The van der Waals surface area contributed by atoms with E-state index in [0.29, 0.717) is 18.8 Å². The molecule has 4 aromatic rings. The average molecular weight is 443 g/mol. The third-order valence-corrected chi connectivity index (χ3v) is 5.93. The molecule has 0 fully saturated rings. The van der Waals surface area contributed by atoms with Gasteiger partial charge in [-0.2, -0.15) is 0 Å². The molecule has 0 N–H and O–H groups in total.